The van der Waals surface area contributed by atoms with E-state index in [1.54, 1.807) is 12.1 Å². The number of para-hydroxylation sites is 1. The third-order valence-corrected chi connectivity index (χ3v) is 2.02. The quantitative estimate of drug-likeness (QED) is 0.781. The van der Waals surface area contributed by atoms with Crippen molar-refractivity contribution >= 4 is 23.1 Å². The molecule has 1 rings (SSSR count). The smallest absolute Gasteiger partial charge is 0.328 e. The molecule has 1 aromatic carbocycles. The molecule has 0 aliphatic heterocycles. The molecule has 0 unspecified atom stereocenters. The Morgan fingerprint density at radius 3 is 2.53 bits per heavy atom. The number of rotatable bonds is 4. The standard InChI is InChI=1S/C13H13NO3/c1-9(2)10-5-3-4-6-11(10)14-12(15)7-8-13(16)17/h3-8H,1H2,2H3,(H,14,15)(H,16,17). The highest BCUT2D eigenvalue weighted by Crippen LogP contribution is 2.21. The molecule has 0 fully saturated rings. The molecule has 0 saturated carbocycles. The minimum absolute atomic E-state index is 0.485. The number of benzene rings is 1. The molecule has 0 spiro atoms. The van der Waals surface area contributed by atoms with Gasteiger partial charge < -0.3 is 10.4 Å². The number of nitrogens with one attached hydrogen (secondary N) is 1. The number of carbonyl (C=O) groups is 2. The average Bonchev–Trinajstić information content (AvgIpc) is 2.27. The van der Waals surface area contributed by atoms with E-state index in [2.05, 4.69) is 11.9 Å². The lowest BCUT2D eigenvalue weighted by Crippen LogP contribution is -2.10. The first kappa shape index (κ1) is 12.7. The van der Waals surface area contributed by atoms with Gasteiger partial charge in [-0.25, -0.2) is 4.79 Å². The van der Waals surface area contributed by atoms with Gasteiger partial charge in [0.25, 0.3) is 0 Å². The van der Waals surface area contributed by atoms with Crippen molar-refractivity contribution in [1.29, 1.82) is 0 Å². The molecule has 1 amide bonds. The van der Waals surface area contributed by atoms with E-state index in [1.165, 1.54) is 0 Å². The van der Waals surface area contributed by atoms with Gasteiger partial charge in [0.05, 0.1) is 0 Å². The van der Waals surface area contributed by atoms with Crippen molar-refractivity contribution in [2.75, 3.05) is 5.32 Å². The van der Waals surface area contributed by atoms with E-state index in [0.29, 0.717) is 5.69 Å². The van der Waals surface area contributed by atoms with Gasteiger partial charge in [-0.3, -0.25) is 4.79 Å². The second-order valence-corrected chi connectivity index (χ2v) is 3.49. The molecular formula is C13H13NO3. The second kappa shape index (κ2) is 5.65. The molecule has 2 N–H and O–H groups in total. The Morgan fingerprint density at radius 1 is 1.29 bits per heavy atom. The number of hydrogen-bond acceptors (Lipinski definition) is 2. The Hall–Kier alpha value is -2.36. The first-order chi connectivity index (χ1) is 8.00. The molecule has 0 atom stereocenters. The summed E-state index contributed by atoms with van der Waals surface area (Å²) in [5.74, 6) is -1.64. The van der Waals surface area contributed by atoms with Crippen molar-refractivity contribution in [2.24, 2.45) is 0 Å². The number of aliphatic carboxylic acids is 1. The van der Waals surface area contributed by atoms with Crippen LogP contribution in [-0.4, -0.2) is 17.0 Å². The maximum absolute atomic E-state index is 11.4. The molecular weight excluding hydrogens is 218 g/mol. The molecule has 0 aliphatic carbocycles. The topological polar surface area (TPSA) is 66.4 Å². The number of hydrogen-bond donors (Lipinski definition) is 2. The van der Waals surface area contributed by atoms with Gasteiger partial charge >= 0.3 is 5.97 Å². The van der Waals surface area contributed by atoms with Gasteiger partial charge in [-0.15, -0.1) is 0 Å². The lowest BCUT2D eigenvalue weighted by Gasteiger charge is -2.08. The fraction of sp³-hybridized carbons (Fsp3) is 0.0769. The van der Waals surface area contributed by atoms with Gasteiger partial charge in [0.2, 0.25) is 5.91 Å². The van der Waals surface area contributed by atoms with E-state index in [1.807, 2.05) is 19.1 Å². The first-order valence-electron chi connectivity index (χ1n) is 4.97. The molecule has 4 heteroatoms. The summed E-state index contributed by atoms with van der Waals surface area (Å²) in [6, 6.07) is 7.19. The predicted octanol–water partition coefficient (Wildman–Crippen LogP) is 2.30. The van der Waals surface area contributed by atoms with Gasteiger partial charge in [-0.05, 0) is 18.6 Å². The number of carbonyl (C=O) groups excluding carboxylic acids is 1. The molecule has 88 valence electrons. The fourth-order valence-electron chi connectivity index (χ4n) is 1.29. The van der Waals surface area contributed by atoms with Crippen LogP contribution in [0.4, 0.5) is 5.69 Å². The molecule has 0 aliphatic rings. The summed E-state index contributed by atoms with van der Waals surface area (Å²) in [7, 11) is 0. The van der Waals surface area contributed by atoms with Crippen LogP contribution in [0.1, 0.15) is 12.5 Å². The third kappa shape index (κ3) is 3.95. The largest absolute Gasteiger partial charge is 0.478 e. The van der Waals surface area contributed by atoms with Crippen LogP contribution in [-0.2, 0) is 9.59 Å². The SMILES string of the molecule is C=C(C)c1ccccc1NC(=O)C=CC(=O)O. The summed E-state index contributed by atoms with van der Waals surface area (Å²) in [6.07, 6.45) is 1.76. The normalized spacial score (nSPS) is 10.2. The zero-order valence-corrected chi connectivity index (χ0v) is 9.43. The van der Waals surface area contributed by atoms with Gasteiger partial charge in [0, 0.05) is 23.4 Å². The average molecular weight is 231 g/mol. The van der Waals surface area contributed by atoms with Crippen LogP contribution in [0, 0.1) is 0 Å². The Balaban J connectivity index is 2.85. The van der Waals surface area contributed by atoms with Crippen molar-refractivity contribution < 1.29 is 14.7 Å². The summed E-state index contributed by atoms with van der Waals surface area (Å²) in [6.45, 7) is 5.64. The highest BCUT2D eigenvalue weighted by Gasteiger charge is 2.04. The predicted molar refractivity (Wildman–Crippen MR) is 66.6 cm³/mol. The van der Waals surface area contributed by atoms with E-state index in [-0.39, 0.29) is 0 Å². The molecule has 0 aromatic heterocycles. The summed E-state index contributed by atoms with van der Waals surface area (Å²) >= 11 is 0. The number of allylic oxidation sites excluding steroid dienone is 1. The summed E-state index contributed by atoms with van der Waals surface area (Å²) < 4.78 is 0. The molecule has 0 saturated heterocycles. The number of amides is 1. The van der Waals surface area contributed by atoms with Gasteiger partial charge in [0.1, 0.15) is 0 Å². The van der Waals surface area contributed by atoms with Crippen molar-refractivity contribution in [3.05, 3.63) is 48.6 Å². The maximum Gasteiger partial charge on any atom is 0.328 e. The monoisotopic (exact) mass is 231 g/mol. The Morgan fingerprint density at radius 2 is 1.94 bits per heavy atom. The van der Waals surface area contributed by atoms with E-state index in [4.69, 9.17) is 5.11 Å². The number of anilines is 1. The Bertz CT molecular complexity index is 489. The molecule has 1 aromatic rings. The first-order valence-corrected chi connectivity index (χ1v) is 4.97. The minimum Gasteiger partial charge on any atom is -0.478 e. The van der Waals surface area contributed by atoms with Crippen LogP contribution >= 0.6 is 0 Å². The Labute approximate surface area is 99.3 Å². The zero-order chi connectivity index (χ0) is 12.8. The van der Waals surface area contributed by atoms with Crippen molar-refractivity contribution in [3.8, 4) is 0 Å². The van der Waals surface area contributed by atoms with Crippen molar-refractivity contribution in [1.82, 2.24) is 0 Å². The molecule has 0 radical (unpaired) electrons. The highest BCUT2D eigenvalue weighted by molar-refractivity contribution is 6.03. The summed E-state index contributed by atoms with van der Waals surface area (Å²) in [4.78, 5) is 21.7. The lowest BCUT2D eigenvalue weighted by molar-refractivity contribution is -0.131. The van der Waals surface area contributed by atoms with E-state index in [9.17, 15) is 9.59 Å². The number of carboxylic acids is 1. The van der Waals surface area contributed by atoms with E-state index < -0.39 is 11.9 Å². The van der Waals surface area contributed by atoms with E-state index >= 15 is 0 Å². The van der Waals surface area contributed by atoms with Crippen molar-refractivity contribution in [2.45, 2.75) is 6.92 Å². The lowest BCUT2D eigenvalue weighted by atomic mass is 10.1. The van der Waals surface area contributed by atoms with E-state index in [0.717, 1.165) is 23.3 Å². The summed E-state index contributed by atoms with van der Waals surface area (Å²) in [5.41, 5.74) is 2.26. The van der Waals surface area contributed by atoms with Crippen LogP contribution in [0.15, 0.2) is 43.0 Å². The number of carboxylic acid groups (broad SMARTS) is 1. The van der Waals surface area contributed by atoms with Crippen LogP contribution < -0.4 is 5.32 Å². The van der Waals surface area contributed by atoms with Crippen LogP contribution in [0.25, 0.3) is 5.57 Å². The van der Waals surface area contributed by atoms with Crippen LogP contribution in [0.2, 0.25) is 0 Å². The third-order valence-electron chi connectivity index (χ3n) is 2.02. The van der Waals surface area contributed by atoms with Crippen molar-refractivity contribution in [3.63, 3.8) is 0 Å². The molecule has 17 heavy (non-hydrogen) atoms. The highest BCUT2D eigenvalue weighted by atomic mass is 16.4. The molecule has 0 bridgehead atoms. The molecule has 0 heterocycles. The second-order valence-electron chi connectivity index (χ2n) is 3.49. The minimum atomic E-state index is -1.16. The van der Waals surface area contributed by atoms with Gasteiger partial charge in [-0.2, -0.15) is 0 Å². The fourth-order valence-corrected chi connectivity index (χ4v) is 1.29. The summed E-state index contributed by atoms with van der Waals surface area (Å²) in [5, 5.41) is 11.0. The van der Waals surface area contributed by atoms with Gasteiger partial charge in [0.15, 0.2) is 0 Å². The Kier molecular flexibility index (Phi) is 4.22. The maximum atomic E-state index is 11.4. The van der Waals surface area contributed by atoms with Crippen LogP contribution in [0.5, 0.6) is 0 Å². The zero-order valence-electron chi connectivity index (χ0n) is 9.43. The van der Waals surface area contributed by atoms with Gasteiger partial charge in [-0.1, -0.05) is 24.8 Å². The van der Waals surface area contributed by atoms with Crippen LogP contribution in [0.3, 0.4) is 0 Å². The molecule has 4 nitrogen and oxygen atoms in total.